The standard InChI is InChI=1S/C13H17N3O2/c1-16(13(14)18)7-6-9-2-4-11-10(8-9)3-5-12(17)15-11/h2,4,8H,3,5-7H2,1H3,(H2,14,18)(H,15,17). The number of likely N-dealkylation sites (N-methyl/N-ethyl adjacent to an activating group) is 1. The summed E-state index contributed by atoms with van der Waals surface area (Å²) in [6.45, 7) is 0.598. The number of primary amides is 1. The summed E-state index contributed by atoms with van der Waals surface area (Å²) in [5.41, 5.74) is 8.38. The number of rotatable bonds is 3. The van der Waals surface area contributed by atoms with Crippen molar-refractivity contribution in [1.82, 2.24) is 4.90 Å². The Balaban J connectivity index is 2.03. The van der Waals surface area contributed by atoms with E-state index in [0.29, 0.717) is 13.0 Å². The Morgan fingerprint density at radius 1 is 1.44 bits per heavy atom. The molecule has 3 N–H and O–H groups in total. The van der Waals surface area contributed by atoms with E-state index in [1.54, 1.807) is 7.05 Å². The molecular formula is C13H17N3O2. The number of carbonyl (C=O) groups excluding carboxylic acids is 2. The number of nitrogens with zero attached hydrogens (tertiary/aromatic N) is 1. The minimum absolute atomic E-state index is 0.0729. The summed E-state index contributed by atoms with van der Waals surface area (Å²) < 4.78 is 0. The van der Waals surface area contributed by atoms with Crippen molar-refractivity contribution in [3.8, 4) is 0 Å². The van der Waals surface area contributed by atoms with Crippen LogP contribution in [0.5, 0.6) is 0 Å². The van der Waals surface area contributed by atoms with Crippen LogP contribution in [-0.2, 0) is 17.6 Å². The van der Waals surface area contributed by atoms with Crippen LogP contribution in [0.15, 0.2) is 18.2 Å². The van der Waals surface area contributed by atoms with Crippen LogP contribution in [0.4, 0.5) is 10.5 Å². The van der Waals surface area contributed by atoms with E-state index in [1.165, 1.54) is 4.90 Å². The highest BCUT2D eigenvalue weighted by Gasteiger charge is 2.14. The van der Waals surface area contributed by atoms with Crippen molar-refractivity contribution in [2.24, 2.45) is 5.73 Å². The van der Waals surface area contributed by atoms with Crippen molar-refractivity contribution in [2.75, 3.05) is 18.9 Å². The van der Waals surface area contributed by atoms with Crippen LogP contribution >= 0.6 is 0 Å². The molecule has 0 radical (unpaired) electrons. The van der Waals surface area contributed by atoms with E-state index in [2.05, 4.69) is 11.4 Å². The molecule has 1 aliphatic heterocycles. The predicted octanol–water partition coefficient (Wildman–Crippen LogP) is 1.12. The minimum atomic E-state index is -0.416. The van der Waals surface area contributed by atoms with Crippen molar-refractivity contribution in [1.29, 1.82) is 0 Å². The van der Waals surface area contributed by atoms with Crippen LogP contribution < -0.4 is 11.1 Å². The highest BCUT2D eigenvalue weighted by atomic mass is 16.2. The van der Waals surface area contributed by atoms with Crippen molar-refractivity contribution >= 4 is 17.6 Å². The molecule has 0 unspecified atom stereocenters. The van der Waals surface area contributed by atoms with Crippen molar-refractivity contribution < 1.29 is 9.59 Å². The summed E-state index contributed by atoms with van der Waals surface area (Å²) in [7, 11) is 1.68. The van der Waals surface area contributed by atoms with Gasteiger partial charge >= 0.3 is 6.03 Å². The molecule has 1 aliphatic rings. The lowest BCUT2D eigenvalue weighted by atomic mass is 9.99. The lowest BCUT2D eigenvalue weighted by Crippen LogP contribution is -2.33. The lowest BCUT2D eigenvalue weighted by molar-refractivity contribution is -0.116. The molecule has 1 aromatic carbocycles. The number of hydrogen-bond donors (Lipinski definition) is 2. The summed E-state index contributed by atoms with van der Waals surface area (Å²) in [6.07, 6.45) is 2.08. The molecular weight excluding hydrogens is 230 g/mol. The largest absolute Gasteiger partial charge is 0.351 e. The first-order chi connectivity index (χ1) is 8.56. The number of hydrogen-bond acceptors (Lipinski definition) is 2. The van der Waals surface area contributed by atoms with Crippen LogP contribution in [-0.4, -0.2) is 30.4 Å². The zero-order valence-electron chi connectivity index (χ0n) is 10.4. The Labute approximate surface area is 106 Å². The van der Waals surface area contributed by atoms with Gasteiger partial charge in [-0.25, -0.2) is 4.79 Å². The second-order valence-corrected chi connectivity index (χ2v) is 4.55. The quantitative estimate of drug-likeness (QED) is 0.840. The Hall–Kier alpha value is -2.04. The summed E-state index contributed by atoms with van der Waals surface area (Å²) in [6, 6.07) is 5.56. The van der Waals surface area contributed by atoms with Gasteiger partial charge in [-0.15, -0.1) is 0 Å². The van der Waals surface area contributed by atoms with Gasteiger partial charge in [0.1, 0.15) is 0 Å². The highest BCUT2D eigenvalue weighted by Crippen LogP contribution is 2.23. The molecule has 18 heavy (non-hydrogen) atoms. The third kappa shape index (κ3) is 2.80. The van der Waals surface area contributed by atoms with Gasteiger partial charge in [0.25, 0.3) is 0 Å². The summed E-state index contributed by atoms with van der Waals surface area (Å²) >= 11 is 0. The van der Waals surface area contributed by atoms with Crippen LogP contribution in [0.2, 0.25) is 0 Å². The average Bonchev–Trinajstić information content (AvgIpc) is 2.35. The van der Waals surface area contributed by atoms with Gasteiger partial charge in [0.15, 0.2) is 0 Å². The smallest absolute Gasteiger partial charge is 0.314 e. The normalized spacial score (nSPS) is 13.7. The second-order valence-electron chi connectivity index (χ2n) is 4.55. The number of carbonyl (C=O) groups is 2. The summed E-state index contributed by atoms with van der Waals surface area (Å²) in [5, 5.41) is 2.85. The molecule has 3 amide bonds. The minimum Gasteiger partial charge on any atom is -0.351 e. The molecule has 2 rings (SSSR count). The molecule has 0 atom stereocenters. The van der Waals surface area contributed by atoms with E-state index in [1.807, 2.05) is 12.1 Å². The second kappa shape index (κ2) is 5.08. The van der Waals surface area contributed by atoms with E-state index in [-0.39, 0.29) is 5.91 Å². The van der Waals surface area contributed by atoms with Gasteiger partial charge in [0.05, 0.1) is 0 Å². The van der Waals surface area contributed by atoms with Crippen LogP contribution in [0.25, 0.3) is 0 Å². The van der Waals surface area contributed by atoms with Gasteiger partial charge in [-0.2, -0.15) is 0 Å². The lowest BCUT2D eigenvalue weighted by Gasteiger charge is -2.18. The number of benzene rings is 1. The number of fused-ring (bicyclic) bond motifs is 1. The molecule has 96 valence electrons. The molecule has 0 spiro atoms. The molecule has 0 aliphatic carbocycles. The zero-order chi connectivity index (χ0) is 13.1. The molecule has 0 fully saturated rings. The molecule has 0 aromatic heterocycles. The van der Waals surface area contributed by atoms with Gasteiger partial charge in [0, 0.05) is 25.7 Å². The van der Waals surface area contributed by atoms with Crippen LogP contribution in [0.1, 0.15) is 17.5 Å². The molecule has 0 saturated heterocycles. The molecule has 0 saturated carbocycles. The van der Waals surface area contributed by atoms with Gasteiger partial charge < -0.3 is 16.0 Å². The van der Waals surface area contributed by atoms with Crippen molar-refractivity contribution in [2.45, 2.75) is 19.3 Å². The molecule has 1 aromatic rings. The van der Waals surface area contributed by atoms with Gasteiger partial charge in [-0.05, 0) is 30.0 Å². The van der Waals surface area contributed by atoms with E-state index < -0.39 is 6.03 Å². The van der Waals surface area contributed by atoms with E-state index in [9.17, 15) is 9.59 Å². The maximum absolute atomic E-state index is 11.2. The maximum Gasteiger partial charge on any atom is 0.314 e. The SMILES string of the molecule is CN(CCc1ccc2c(c1)CCC(=O)N2)C(N)=O. The van der Waals surface area contributed by atoms with Gasteiger partial charge in [0.2, 0.25) is 5.91 Å². The van der Waals surface area contributed by atoms with E-state index in [4.69, 9.17) is 5.73 Å². The van der Waals surface area contributed by atoms with E-state index in [0.717, 1.165) is 29.7 Å². The van der Waals surface area contributed by atoms with Gasteiger partial charge in [-0.3, -0.25) is 4.79 Å². The third-order valence-electron chi connectivity index (χ3n) is 3.18. The number of anilines is 1. The van der Waals surface area contributed by atoms with Crippen LogP contribution in [0.3, 0.4) is 0 Å². The molecule has 0 bridgehead atoms. The Morgan fingerprint density at radius 3 is 2.94 bits per heavy atom. The first-order valence-electron chi connectivity index (χ1n) is 5.98. The fourth-order valence-electron chi connectivity index (χ4n) is 2.00. The molecule has 5 nitrogen and oxygen atoms in total. The summed E-state index contributed by atoms with van der Waals surface area (Å²) in [5.74, 6) is 0.0729. The number of nitrogens with two attached hydrogens (primary N) is 1. The Bertz CT molecular complexity index is 485. The predicted molar refractivity (Wildman–Crippen MR) is 69.3 cm³/mol. The maximum atomic E-state index is 11.2. The Morgan fingerprint density at radius 2 is 2.22 bits per heavy atom. The number of nitrogens with one attached hydrogen (secondary N) is 1. The topological polar surface area (TPSA) is 75.4 Å². The summed E-state index contributed by atoms with van der Waals surface area (Å²) in [4.78, 5) is 23.6. The van der Waals surface area contributed by atoms with Gasteiger partial charge in [-0.1, -0.05) is 12.1 Å². The fraction of sp³-hybridized carbons (Fsp3) is 0.385. The monoisotopic (exact) mass is 247 g/mol. The zero-order valence-corrected chi connectivity index (χ0v) is 10.4. The van der Waals surface area contributed by atoms with E-state index >= 15 is 0 Å². The first kappa shape index (κ1) is 12.4. The Kier molecular flexibility index (Phi) is 3.50. The molecule has 5 heteroatoms. The number of urea groups is 1. The average molecular weight is 247 g/mol. The number of aryl methyl sites for hydroxylation is 1. The van der Waals surface area contributed by atoms with Crippen LogP contribution in [0, 0.1) is 0 Å². The molecule has 1 heterocycles. The number of amides is 3. The first-order valence-corrected chi connectivity index (χ1v) is 5.98. The van der Waals surface area contributed by atoms with Crippen molar-refractivity contribution in [3.05, 3.63) is 29.3 Å². The third-order valence-corrected chi connectivity index (χ3v) is 3.18. The highest BCUT2D eigenvalue weighted by molar-refractivity contribution is 5.93. The fourth-order valence-corrected chi connectivity index (χ4v) is 2.00. The van der Waals surface area contributed by atoms with Crippen molar-refractivity contribution in [3.63, 3.8) is 0 Å².